The van der Waals surface area contributed by atoms with Crippen LogP contribution in [-0.4, -0.2) is 10.9 Å². The molecule has 0 aliphatic rings. The summed E-state index contributed by atoms with van der Waals surface area (Å²) < 4.78 is 4.66. The highest BCUT2D eigenvalue weighted by atomic mass is 16.6. The molecule has 2 nitrogen and oxygen atoms in total. The summed E-state index contributed by atoms with van der Waals surface area (Å²) in [6, 6.07) is 0. The second-order valence-electron chi connectivity index (χ2n) is 1.80. The van der Waals surface area contributed by atoms with Crippen molar-refractivity contribution >= 4 is 0 Å². The summed E-state index contributed by atoms with van der Waals surface area (Å²) in [5.41, 5.74) is 0. The van der Waals surface area contributed by atoms with Crippen LogP contribution in [0.1, 0.15) is 20.8 Å². The van der Waals surface area contributed by atoms with Crippen molar-refractivity contribution in [2.75, 3.05) is 0 Å². The molecule has 0 aliphatic carbocycles. The first-order valence-corrected chi connectivity index (χ1v) is 2.24. The largest absolute Gasteiger partial charge is 0.366 e. The third-order valence-corrected chi connectivity index (χ3v) is 0.406. The molecule has 0 rings (SSSR count). The Kier molecular flexibility index (Phi) is 2.26. The van der Waals surface area contributed by atoms with Gasteiger partial charge in [-0.05, 0) is 20.8 Å². The number of hydrogen-bond acceptors (Lipinski definition) is 2. The van der Waals surface area contributed by atoms with Crippen LogP contribution >= 0.6 is 0 Å². The molecule has 0 heterocycles. The molecule has 7 heavy (non-hydrogen) atoms. The van der Waals surface area contributed by atoms with Gasteiger partial charge in [0.05, 0.1) is 6.61 Å². The molecular formula is C5H11O2. The van der Waals surface area contributed by atoms with Crippen LogP contribution in [0, 0.1) is 6.61 Å². The van der Waals surface area contributed by atoms with E-state index in [1.165, 1.54) is 6.61 Å². The summed E-state index contributed by atoms with van der Waals surface area (Å²) in [5.74, 6) is -1.01. The van der Waals surface area contributed by atoms with E-state index in [-0.39, 0.29) is 0 Å². The first-order chi connectivity index (χ1) is 3.06. The molecule has 0 amide bonds. The van der Waals surface area contributed by atoms with E-state index in [9.17, 15) is 0 Å². The van der Waals surface area contributed by atoms with Gasteiger partial charge in [0.25, 0.3) is 0 Å². The van der Waals surface area contributed by atoms with Crippen LogP contribution in [0.5, 0.6) is 0 Å². The molecule has 1 N–H and O–H groups in total. The quantitative estimate of drug-likeness (QED) is 0.526. The number of ether oxygens (including phenoxy) is 1. The number of rotatable bonds is 2. The highest BCUT2D eigenvalue weighted by molar-refractivity contribution is 4.50. The van der Waals surface area contributed by atoms with Crippen molar-refractivity contribution in [2.24, 2.45) is 0 Å². The van der Waals surface area contributed by atoms with Crippen molar-refractivity contribution in [2.45, 2.75) is 26.6 Å². The van der Waals surface area contributed by atoms with Crippen molar-refractivity contribution in [3.8, 4) is 0 Å². The van der Waals surface area contributed by atoms with Crippen LogP contribution in [-0.2, 0) is 4.74 Å². The second kappa shape index (κ2) is 2.28. The molecule has 43 valence electrons. The summed E-state index contributed by atoms with van der Waals surface area (Å²) in [4.78, 5) is 0. The fraction of sp³-hybridized carbons (Fsp3) is 0.800. The van der Waals surface area contributed by atoms with Crippen molar-refractivity contribution < 1.29 is 9.84 Å². The average molecular weight is 103 g/mol. The molecule has 0 fully saturated rings. The van der Waals surface area contributed by atoms with Gasteiger partial charge in [0.15, 0.2) is 5.79 Å². The van der Waals surface area contributed by atoms with Crippen molar-refractivity contribution in [3.05, 3.63) is 6.61 Å². The third-order valence-electron chi connectivity index (χ3n) is 0.406. The van der Waals surface area contributed by atoms with Gasteiger partial charge in [-0.15, -0.1) is 0 Å². The maximum atomic E-state index is 8.76. The van der Waals surface area contributed by atoms with Gasteiger partial charge in [-0.2, -0.15) is 0 Å². The van der Waals surface area contributed by atoms with Crippen molar-refractivity contribution in [3.63, 3.8) is 0 Å². The first-order valence-electron chi connectivity index (χ1n) is 2.24. The van der Waals surface area contributed by atoms with Crippen molar-refractivity contribution in [1.29, 1.82) is 0 Å². The van der Waals surface area contributed by atoms with Gasteiger partial charge >= 0.3 is 0 Å². The summed E-state index contributed by atoms with van der Waals surface area (Å²) in [6.45, 7) is 6.33. The Bertz CT molecular complexity index is 44.5. The second-order valence-corrected chi connectivity index (χ2v) is 1.80. The van der Waals surface area contributed by atoms with E-state index in [1.807, 2.05) is 0 Å². The standard InChI is InChI=1S/C5H11O2/c1-4-7-5(2,3)6/h4,6H,1-3H3. The molecule has 0 aromatic carbocycles. The normalized spacial score (nSPS) is 12.0. The molecular weight excluding hydrogens is 92.1 g/mol. The molecule has 0 saturated carbocycles. The van der Waals surface area contributed by atoms with Crippen LogP contribution in [0.15, 0.2) is 0 Å². The van der Waals surface area contributed by atoms with Gasteiger partial charge in [-0.3, -0.25) is 0 Å². The lowest BCUT2D eigenvalue weighted by Gasteiger charge is -2.15. The predicted molar refractivity (Wildman–Crippen MR) is 27.4 cm³/mol. The molecule has 0 aliphatic heterocycles. The van der Waals surface area contributed by atoms with Crippen molar-refractivity contribution in [1.82, 2.24) is 0 Å². The van der Waals surface area contributed by atoms with E-state index in [1.54, 1.807) is 20.8 Å². The molecule has 0 atom stereocenters. The van der Waals surface area contributed by atoms with Crippen LogP contribution in [0.4, 0.5) is 0 Å². The van der Waals surface area contributed by atoms with E-state index in [4.69, 9.17) is 5.11 Å². The average Bonchev–Trinajstić information content (AvgIpc) is 1.30. The van der Waals surface area contributed by atoms with E-state index >= 15 is 0 Å². The lowest BCUT2D eigenvalue weighted by molar-refractivity contribution is -0.150. The third kappa shape index (κ3) is 5.92. The minimum atomic E-state index is -1.01. The Labute approximate surface area is 44.1 Å². The summed E-state index contributed by atoms with van der Waals surface area (Å²) in [7, 11) is 0. The van der Waals surface area contributed by atoms with E-state index in [0.29, 0.717) is 0 Å². The Morgan fingerprint density at radius 2 is 2.00 bits per heavy atom. The van der Waals surface area contributed by atoms with E-state index in [2.05, 4.69) is 4.74 Å². The molecule has 1 radical (unpaired) electrons. The SMILES string of the molecule is C[CH]OC(C)(C)O. The Morgan fingerprint density at radius 1 is 1.57 bits per heavy atom. The zero-order chi connectivity index (χ0) is 5.91. The summed E-state index contributed by atoms with van der Waals surface area (Å²) >= 11 is 0. The molecule has 0 saturated heterocycles. The first kappa shape index (κ1) is 6.92. The van der Waals surface area contributed by atoms with Crippen LogP contribution in [0.2, 0.25) is 0 Å². The van der Waals surface area contributed by atoms with Gasteiger partial charge in [-0.25, -0.2) is 0 Å². The number of hydrogen-bond donors (Lipinski definition) is 1. The summed E-state index contributed by atoms with van der Waals surface area (Å²) in [6.07, 6.45) is 0. The maximum Gasteiger partial charge on any atom is 0.160 e. The van der Waals surface area contributed by atoms with Gasteiger partial charge in [0, 0.05) is 0 Å². The Morgan fingerprint density at radius 3 is 2.00 bits per heavy atom. The Hall–Kier alpha value is -0.0800. The lowest BCUT2D eigenvalue weighted by Crippen LogP contribution is -2.20. The zero-order valence-electron chi connectivity index (χ0n) is 4.93. The molecule has 0 aromatic rings. The van der Waals surface area contributed by atoms with Gasteiger partial charge in [0.2, 0.25) is 0 Å². The zero-order valence-corrected chi connectivity index (χ0v) is 4.93. The fourth-order valence-electron chi connectivity index (χ4n) is 0.288. The van der Waals surface area contributed by atoms with Crippen LogP contribution < -0.4 is 0 Å². The topological polar surface area (TPSA) is 29.5 Å². The molecule has 0 unspecified atom stereocenters. The van der Waals surface area contributed by atoms with E-state index in [0.717, 1.165) is 0 Å². The highest BCUT2D eigenvalue weighted by Crippen LogP contribution is 2.02. The molecule has 0 spiro atoms. The minimum absolute atomic E-state index is 1.01. The van der Waals surface area contributed by atoms with Gasteiger partial charge < -0.3 is 9.84 Å². The Balaban J connectivity index is 3.15. The molecule has 0 bridgehead atoms. The lowest BCUT2D eigenvalue weighted by atomic mass is 10.4. The van der Waals surface area contributed by atoms with Crippen LogP contribution in [0.3, 0.4) is 0 Å². The minimum Gasteiger partial charge on any atom is -0.366 e. The summed E-state index contributed by atoms with van der Waals surface area (Å²) in [5, 5.41) is 8.76. The number of aliphatic hydroxyl groups is 1. The van der Waals surface area contributed by atoms with Gasteiger partial charge in [-0.1, -0.05) is 0 Å². The highest BCUT2D eigenvalue weighted by Gasteiger charge is 2.09. The fourth-order valence-corrected chi connectivity index (χ4v) is 0.288. The van der Waals surface area contributed by atoms with Gasteiger partial charge in [0.1, 0.15) is 0 Å². The van der Waals surface area contributed by atoms with Crippen LogP contribution in [0.25, 0.3) is 0 Å². The van der Waals surface area contributed by atoms with E-state index < -0.39 is 5.79 Å². The monoisotopic (exact) mass is 103 g/mol. The smallest absolute Gasteiger partial charge is 0.160 e. The molecule has 2 heteroatoms. The molecule has 0 aromatic heterocycles. The maximum absolute atomic E-state index is 8.76. The predicted octanol–water partition coefficient (Wildman–Crippen LogP) is 0.913.